The van der Waals surface area contributed by atoms with E-state index < -0.39 is 18.6 Å². The van der Waals surface area contributed by atoms with E-state index in [2.05, 4.69) is 0 Å². The third kappa shape index (κ3) is 7.34. The molecule has 0 N–H and O–H groups in total. The molecule has 0 saturated carbocycles. The predicted molar refractivity (Wildman–Crippen MR) is 101 cm³/mol. The molecule has 1 rings (SSSR count). The van der Waals surface area contributed by atoms with Crippen LogP contribution < -0.4 is 4.74 Å². The van der Waals surface area contributed by atoms with Crippen LogP contribution in [0.1, 0.15) is 27.2 Å². The first kappa shape index (κ1) is 23.1. The van der Waals surface area contributed by atoms with E-state index in [1.165, 1.54) is 7.11 Å². The average Bonchev–Trinajstić information content (AvgIpc) is 2.61. The van der Waals surface area contributed by atoms with Gasteiger partial charge in [-0.15, -0.1) is 0 Å². The first-order valence-electron chi connectivity index (χ1n) is 8.79. The fourth-order valence-corrected chi connectivity index (χ4v) is 6.65. The summed E-state index contributed by atoms with van der Waals surface area (Å²) in [5.74, 6) is 0.564. The SMILES string of the molecule is CCO[Si](CCCS(=O)(=O)c1ccc(OCOC)cc1)(OCC)OCC. The topological polar surface area (TPSA) is 80.3 Å². The molecule has 0 unspecified atom stereocenters. The molecule has 150 valence electrons. The number of ether oxygens (including phenoxy) is 2. The fraction of sp³-hybridized carbons (Fsp3) is 0.647. The Morgan fingerprint density at radius 1 is 0.923 bits per heavy atom. The van der Waals surface area contributed by atoms with Crippen molar-refractivity contribution in [3.05, 3.63) is 24.3 Å². The summed E-state index contributed by atoms with van der Waals surface area (Å²) in [4.78, 5) is 0.263. The van der Waals surface area contributed by atoms with Crippen molar-refractivity contribution in [2.24, 2.45) is 0 Å². The summed E-state index contributed by atoms with van der Waals surface area (Å²) in [5.41, 5.74) is 0. The first-order valence-corrected chi connectivity index (χ1v) is 12.4. The second-order valence-electron chi connectivity index (χ2n) is 5.43. The Bertz CT molecular complexity index is 587. The highest BCUT2D eigenvalue weighted by Gasteiger charge is 2.40. The van der Waals surface area contributed by atoms with E-state index in [-0.39, 0.29) is 17.4 Å². The van der Waals surface area contributed by atoms with Gasteiger partial charge in [0.05, 0.1) is 10.6 Å². The Labute approximate surface area is 157 Å². The van der Waals surface area contributed by atoms with Gasteiger partial charge in [-0.05, 0) is 51.5 Å². The van der Waals surface area contributed by atoms with E-state index >= 15 is 0 Å². The van der Waals surface area contributed by atoms with Gasteiger partial charge >= 0.3 is 8.80 Å². The van der Waals surface area contributed by atoms with Crippen molar-refractivity contribution in [2.75, 3.05) is 39.5 Å². The van der Waals surface area contributed by atoms with Crippen LogP contribution in [0.5, 0.6) is 5.75 Å². The van der Waals surface area contributed by atoms with Gasteiger partial charge in [0.1, 0.15) is 5.75 Å². The second-order valence-corrected chi connectivity index (χ2v) is 10.3. The van der Waals surface area contributed by atoms with Gasteiger partial charge < -0.3 is 22.8 Å². The van der Waals surface area contributed by atoms with Crippen LogP contribution in [0.4, 0.5) is 0 Å². The average molecular weight is 407 g/mol. The van der Waals surface area contributed by atoms with Crippen molar-refractivity contribution >= 4 is 18.6 Å². The molecule has 0 aliphatic heterocycles. The number of hydrogen-bond acceptors (Lipinski definition) is 7. The lowest BCUT2D eigenvalue weighted by molar-refractivity contribution is 0.0511. The monoisotopic (exact) mass is 406 g/mol. The Morgan fingerprint density at radius 3 is 1.92 bits per heavy atom. The summed E-state index contributed by atoms with van der Waals surface area (Å²) in [6.45, 7) is 7.17. The highest BCUT2D eigenvalue weighted by molar-refractivity contribution is 7.91. The summed E-state index contributed by atoms with van der Waals surface area (Å²) >= 11 is 0. The van der Waals surface area contributed by atoms with E-state index in [4.69, 9.17) is 22.8 Å². The van der Waals surface area contributed by atoms with E-state index in [1.54, 1.807) is 24.3 Å². The van der Waals surface area contributed by atoms with Gasteiger partial charge in [0.2, 0.25) is 0 Å². The molecule has 0 heterocycles. The molecule has 0 bridgehead atoms. The Balaban J connectivity index is 2.70. The third-order valence-electron chi connectivity index (χ3n) is 3.52. The summed E-state index contributed by atoms with van der Waals surface area (Å²) in [6, 6.07) is 6.78. The molecule has 0 fully saturated rings. The highest BCUT2D eigenvalue weighted by Crippen LogP contribution is 2.22. The van der Waals surface area contributed by atoms with Crippen molar-refractivity contribution in [1.82, 2.24) is 0 Å². The van der Waals surface area contributed by atoms with Gasteiger partial charge in [-0.25, -0.2) is 8.42 Å². The van der Waals surface area contributed by atoms with Crippen LogP contribution >= 0.6 is 0 Å². The van der Waals surface area contributed by atoms with Crippen molar-refractivity contribution in [3.63, 3.8) is 0 Å². The lowest BCUT2D eigenvalue weighted by atomic mass is 10.3. The second kappa shape index (κ2) is 11.7. The van der Waals surface area contributed by atoms with Crippen LogP contribution in [0.15, 0.2) is 29.2 Å². The predicted octanol–water partition coefficient (Wildman–Crippen LogP) is 2.88. The zero-order chi connectivity index (χ0) is 19.5. The van der Waals surface area contributed by atoms with Crippen LogP contribution in [0.2, 0.25) is 6.04 Å². The van der Waals surface area contributed by atoms with Crippen LogP contribution in [0, 0.1) is 0 Å². The molecule has 0 radical (unpaired) electrons. The molecule has 0 aromatic heterocycles. The number of sulfone groups is 1. The summed E-state index contributed by atoms with van der Waals surface area (Å²) in [5, 5.41) is 0. The molecule has 0 saturated heterocycles. The summed E-state index contributed by atoms with van der Waals surface area (Å²) < 4.78 is 52.4. The first-order chi connectivity index (χ1) is 12.4. The van der Waals surface area contributed by atoms with Gasteiger partial charge in [-0.3, -0.25) is 0 Å². The van der Waals surface area contributed by atoms with Crippen molar-refractivity contribution < 1.29 is 31.2 Å². The molecule has 26 heavy (non-hydrogen) atoms. The van der Waals surface area contributed by atoms with Gasteiger partial charge in [0.25, 0.3) is 0 Å². The highest BCUT2D eigenvalue weighted by atomic mass is 32.2. The fourth-order valence-electron chi connectivity index (χ4n) is 2.47. The van der Waals surface area contributed by atoms with E-state index in [0.29, 0.717) is 38.0 Å². The quantitative estimate of drug-likeness (QED) is 0.347. The molecule has 0 atom stereocenters. The lowest BCUT2D eigenvalue weighted by Gasteiger charge is -2.28. The molecular weight excluding hydrogens is 376 g/mol. The number of methoxy groups -OCH3 is 1. The molecule has 0 aliphatic rings. The van der Waals surface area contributed by atoms with Gasteiger partial charge in [-0.1, -0.05) is 0 Å². The minimum atomic E-state index is -3.40. The van der Waals surface area contributed by atoms with Gasteiger partial charge in [0.15, 0.2) is 16.6 Å². The van der Waals surface area contributed by atoms with Crippen LogP contribution in [-0.4, -0.2) is 56.7 Å². The largest absolute Gasteiger partial charge is 0.500 e. The summed E-state index contributed by atoms with van der Waals surface area (Å²) in [6.07, 6.45) is 0.413. The maximum absolute atomic E-state index is 12.5. The minimum absolute atomic E-state index is 0.00719. The van der Waals surface area contributed by atoms with E-state index in [9.17, 15) is 8.42 Å². The molecule has 1 aromatic rings. The van der Waals surface area contributed by atoms with Crippen molar-refractivity contribution in [3.8, 4) is 5.75 Å². The molecule has 7 nitrogen and oxygen atoms in total. The van der Waals surface area contributed by atoms with E-state index in [0.717, 1.165) is 0 Å². The maximum atomic E-state index is 12.5. The number of hydrogen-bond donors (Lipinski definition) is 0. The lowest BCUT2D eigenvalue weighted by Crippen LogP contribution is -2.46. The van der Waals surface area contributed by atoms with Crippen LogP contribution in [0.3, 0.4) is 0 Å². The standard InChI is InChI=1S/C17H30O7SSi/c1-5-22-26(23-6-2,24-7-3)14-8-13-25(18,19)17-11-9-16(10-12-17)21-15-20-4/h9-12H,5-8,13-15H2,1-4H3. The normalized spacial score (nSPS) is 12.3. The molecule has 9 heteroatoms. The van der Waals surface area contributed by atoms with E-state index in [1.807, 2.05) is 20.8 Å². The number of benzene rings is 1. The Morgan fingerprint density at radius 2 is 1.46 bits per heavy atom. The minimum Gasteiger partial charge on any atom is -0.468 e. The van der Waals surface area contributed by atoms with Crippen molar-refractivity contribution in [2.45, 2.75) is 38.1 Å². The number of rotatable bonds is 14. The Hall–Kier alpha value is -0.973. The van der Waals surface area contributed by atoms with Crippen molar-refractivity contribution in [1.29, 1.82) is 0 Å². The molecule has 1 aromatic carbocycles. The molecular formula is C17H30O7SSi. The van der Waals surface area contributed by atoms with Gasteiger partial charge in [0, 0.05) is 33.0 Å². The smallest absolute Gasteiger partial charge is 0.468 e. The summed E-state index contributed by atoms with van der Waals surface area (Å²) in [7, 11) is -4.69. The van der Waals surface area contributed by atoms with Crippen LogP contribution in [0.25, 0.3) is 0 Å². The van der Waals surface area contributed by atoms with Crippen LogP contribution in [-0.2, 0) is 27.9 Å². The maximum Gasteiger partial charge on any atom is 0.500 e. The zero-order valence-electron chi connectivity index (χ0n) is 16.0. The Kier molecular flexibility index (Phi) is 10.4. The third-order valence-corrected chi connectivity index (χ3v) is 8.48. The molecule has 0 amide bonds. The zero-order valence-corrected chi connectivity index (χ0v) is 17.8. The molecule has 0 spiro atoms. The van der Waals surface area contributed by atoms with Gasteiger partial charge in [-0.2, -0.15) is 0 Å². The molecule has 0 aliphatic carbocycles.